The molecule has 0 bridgehead atoms. The Hall–Kier alpha value is 0.1000. The first kappa shape index (κ1) is 16.2. The molecule has 18 heavy (non-hydrogen) atoms. The third kappa shape index (κ3) is 5.00. The van der Waals surface area contributed by atoms with Crippen molar-refractivity contribution in [3.63, 3.8) is 0 Å². The summed E-state index contributed by atoms with van der Waals surface area (Å²) in [6, 6.07) is 4.71. The van der Waals surface area contributed by atoms with E-state index in [1.165, 1.54) is 8.66 Å². The Morgan fingerprint density at radius 1 is 1.33 bits per heavy atom. The van der Waals surface area contributed by atoms with Crippen LogP contribution in [0.25, 0.3) is 0 Å². The van der Waals surface area contributed by atoms with Gasteiger partial charge in [0.05, 0.1) is 9.89 Å². The minimum Gasteiger partial charge on any atom is -0.377 e. The van der Waals surface area contributed by atoms with E-state index in [0.717, 1.165) is 19.6 Å². The maximum atomic E-state index is 5.93. The van der Waals surface area contributed by atoms with Gasteiger partial charge in [-0.3, -0.25) is 0 Å². The second kappa shape index (κ2) is 8.31. The molecule has 2 nitrogen and oxygen atoms in total. The topological polar surface area (TPSA) is 21.3 Å². The van der Waals surface area contributed by atoms with Crippen LogP contribution < -0.4 is 5.32 Å². The number of ether oxygens (including phenoxy) is 1. The van der Waals surface area contributed by atoms with Crippen LogP contribution in [-0.4, -0.2) is 25.3 Å². The summed E-state index contributed by atoms with van der Waals surface area (Å²) in [6.45, 7) is 10.4. The van der Waals surface area contributed by atoms with E-state index in [1.807, 2.05) is 11.3 Å². The number of likely N-dealkylation sites (N-methyl/N-ethyl adjacent to an activating group) is 1. The summed E-state index contributed by atoms with van der Waals surface area (Å²) in [7, 11) is 0. The Kier molecular flexibility index (Phi) is 7.46. The Labute approximate surface area is 123 Å². The summed E-state index contributed by atoms with van der Waals surface area (Å²) in [6.07, 6.45) is 1.31. The number of rotatable bonds is 8. The lowest BCUT2D eigenvalue weighted by Crippen LogP contribution is -2.45. The van der Waals surface area contributed by atoms with Gasteiger partial charge < -0.3 is 10.1 Å². The summed E-state index contributed by atoms with van der Waals surface area (Å²) in [5, 5.41) is 3.57. The van der Waals surface area contributed by atoms with Crippen LogP contribution in [0.4, 0.5) is 0 Å². The smallest absolute Gasteiger partial charge is 0.0754 e. The third-order valence-corrected chi connectivity index (χ3v) is 4.57. The molecule has 0 saturated heterocycles. The Balaban J connectivity index is 2.72. The highest BCUT2D eigenvalue weighted by Gasteiger charge is 2.24. The van der Waals surface area contributed by atoms with Gasteiger partial charge >= 0.3 is 0 Å². The number of nitrogens with one attached hydrogen (secondary N) is 1. The van der Waals surface area contributed by atoms with Gasteiger partial charge in [-0.1, -0.05) is 20.8 Å². The van der Waals surface area contributed by atoms with Crippen LogP contribution in [0.5, 0.6) is 0 Å². The summed E-state index contributed by atoms with van der Waals surface area (Å²) < 4.78 is 7.13. The van der Waals surface area contributed by atoms with Gasteiger partial charge in [-0.05, 0) is 53.9 Å². The molecule has 1 aromatic rings. The fourth-order valence-corrected chi connectivity index (χ4v) is 3.75. The molecule has 0 saturated carbocycles. The molecule has 1 heterocycles. The minimum absolute atomic E-state index is 0.274. The van der Waals surface area contributed by atoms with Crippen molar-refractivity contribution in [2.75, 3.05) is 13.2 Å². The van der Waals surface area contributed by atoms with Crippen LogP contribution in [0.3, 0.4) is 0 Å². The largest absolute Gasteiger partial charge is 0.377 e. The molecule has 0 radical (unpaired) electrons. The van der Waals surface area contributed by atoms with E-state index in [1.54, 1.807) is 0 Å². The van der Waals surface area contributed by atoms with Crippen molar-refractivity contribution < 1.29 is 4.74 Å². The van der Waals surface area contributed by atoms with Crippen LogP contribution in [0.2, 0.25) is 0 Å². The Morgan fingerprint density at radius 2 is 2.06 bits per heavy atom. The predicted molar refractivity (Wildman–Crippen MR) is 83.4 cm³/mol. The van der Waals surface area contributed by atoms with Crippen molar-refractivity contribution in [1.82, 2.24) is 5.32 Å². The lowest BCUT2D eigenvalue weighted by molar-refractivity contribution is 0.00413. The van der Waals surface area contributed by atoms with Crippen molar-refractivity contribution in [1.29, 1.82) is 0 Å². The van der Waals surface area contributed by atoms with Crippen molar-refractivity contribution in [2.45, 2.75) is 46.3 Å². The molecule has 104 valence electrons. The van der Waals surface area contributed by atoms with Crippen LogP contribution in [0.1, 0.15) is 32.6 Å². The van der Waals surface area contributed by atoms with E-state index in [0.29, 0.717) is 12.0 Å². The van der Waals surface area contributed by atoms with Crippen molar-refractivity contribution in [3.05, 3.63) is 20.8 Å². The normalized spacial score (nSPS) is 15.0. The van der Waals surface area contributed by atoms with E-state index < -0.39 is 0 Å². The number of hydrogen-bond acceptors (Lipinski definition) is 3. The Morgan fingerprint density at radius 3 is 2.50 bits per heavy atom. The number of halogens is 1. The molecular formula is C14H24BrNOS. The van der Waals surface area contributed by atoms with Crippen LogP contribution in [0.15, 0.2) is 15.9 Å². The van der Waals surface area contributed by atoms with E-state index in [-0.39, 0.29) is 6.10 Å². The summed E-state index contributed by atoms with van der Waals surface area (Å²) in [5.74, 6) is 0.525. The molecule has 0 fully saturated rings. The molecule has 0 aliphatic carbocycles. The monoisotopic (exact) mass is 333 g/mol. The zero-order valence-electron chi connectivity index (χ0n) is 11.7. The first-order valence-corrected chi connectivity index (χ1v) is 8.28. The number of hydrogen-bond donors (Lipinski definition) is 1. The number of thiophene rings is 1. The maximum absolute atomic E-state index is 5.93. The minimum atomic E-state index is 0.274. The molecule has 0 aliphatic heterocycles. The highest BCUT2D eigenvalue weighted by molar-refractivity contribution is 9.11. The van der Waals surface area contributed by atoms with E-state index in [9.17, 15) is 0 Å². The molecule has 0 aromatic carbocycles. The first-order valence-electron chi connectivity index (χ1n) is 6.67. The van der Waals surface area contributed by atoms with Gasteiger partial charge in [-0.15, -0.1) is 11.3 Å². The molecule has 0 aliphatic rings. The third-order valence-electron chi connectivity index (χ3n) is 2.93. The van der Waals surface area contributed by atoms with Gasteiger partial charge in [0.15, 0.2) is 0 Å². The molecular weight excluding hydrogens is 310 g/mol. The molecule has 0 amide bonds. The molecule has 2 unspecified atom stereocenters. The maximum Gasteiger partial charge on any atom is 0.0754 e. The van der Waals surface area contributed by atoms with Gasteiger partial charge in [0.2, 0.25) is 0 Å². The fourth-order valence-electron chi connectivity index (χ4n) is 2.21. The second-order valence-electron chi connectivity index (χ2n) is 4.74. The van der Waals surface area contributed by atoms with Crippen LogP contribution in [-0.2, 0) is 11.2 Å². The molecule has 4 heteroatoms. The second-order valence-corrected chi connectivity index (χ2v) is 7.29. The zero-order valence-corrected chi connectivity index (χ0v) is 14.1. The van der Waals surface area contributed by atoms with Crippen molar-refractivity contribution in [3.8, 4) is 0 Å². The predicted octanol–water partition coefficient (Wildman–Crippen LogP) is 4.09. The SMILES string of the molecule is CCNC(Cc1ccc(Br)s1)C(OCC)C(C)C. The summed E-state index contributed by atoms with van der Waals surface area (Å²) >= 11 is 5.33. The standard InChI is InChI=1S/C14H24BrNOS/c1-5-16-12(14(10(3)4)17-6-2)9-11-7-8-13(15)18-11/h7-8,10,12,14,16H,5-6,9H2,1-4H3. The van der Waals surface area contributed by atoms with E-state index in [4.69, 9.17) is 4.74 Å². The van der Waals surface area contributed by atoms with Gasteiger partial charge in [0.1, 0.15) is 0 Å². The highest BCUT2D eigenvalue weighted by Crippen LogP contribution is 2.25. The Bertz CT molecular complexity index is 340. The zero-order chi connectivity index (χ0) is 13.5. The summed E-state index contributed by atoms with van der Waals surface area (Å²) in [4.78, 5) is 1.40. The quantitative estimate of drug-likeness (QED) is 0.773. The fraction of sp³-hybridized carbons (Fsp3) is 0.714. The van der Waals surface area contributed by atoms with Gasteiger partial charge in [-0.25, -0.2) is 0 Å². The average Bonchev–Trinajstić information content (AvgIpc) is 2.71. The molecule has 1 rings (SSSR count). The van der Waals surface area contributed by atoms with Crippen molar-refractivity contribution in [2.24, 2.45) is 5.92 Å². The van der Waals surface area contributed by atoms with E-state index >= 15 is 0 Å². The van der Waals surface area contributed by atoms with Crippen molar-refractivity contribution >= 4 is 27.3 Å². The van der Waals surface area contributed by atoms with Crippen LogP contribution in [0, 0.1) is 5.92 Å². The van der Waals surface area contributed by atoms with Gasteiger partial charge in [-0.2, -0.15) is 0 Å². The lowest BCUT2D eigenvalue weighted by Gasteiger charge is -2.30. The molecule has 1 aromatic heterocycles. The van der Waals surface area contributed by atoms with Crippen LogP contribution >= 0.6 is 27.3 Å². The lowest BCUT2D eigenvalue weighted by atomic mass is 9.96. The van der Waals surface area contributed by atoms with Gasteiger partial charge in [0.25, 0.3) is 0 Å². The van der Waals surface area contributed by atoms with E-state index in [2.05, 4.69) is 61.1 Å². The summed E-state index contributed by atoms with van der Waals surface area (Å²) in [5.41, 5.74) is 0. The first-order chi connectivity index (χ1) is 8.58. The molecule has 1 N–H and O–H groups in total. The average molecular weight is 334 g/mol. The highest BCUT2D eigenvalue weighted by atomic mass is 79.9. The molecule has 0 spiro atoms. The van der Waals surface area contributed by atoms with Gasteiger partial charge in [0, 0.05) is 17.5 Å². The molecule has 2 atom stereocenters.